The molecular formula is C21H25ClN2O3S2. The minimum atomic E-state index is -3.49. The largest absolute Gasteiger partial charge is 0.325 e. The molecular weight excluding hydrogens is 428 g/mol. The molecule has 5 nitrogen and oxygen atoms in total. The second-order valence-corrected chi connectivity index (χ2v) is 10.8. The lowest BCUT2D eigenvalue weighted by Gasteiger charge is -2.20. The Bertz CT molecular complexity index is 923. The minimum absolute atomic E-state index is 0.145. The van der Waals surface area contributed by atoms with Gasteiger partial charge in [0.25, 0.3) is 0 Å². The van der Waals surface area contributed by atoms with Crippen LogP contribution in [0.2, 0.25) is 5.02 Å². The Morgan fingerprint density at radius 3 is 2.17 bits per heavy atom. The molecule has 0 radical (unpaired) electrons. The van der Waals surface area contributed by atoms with Crippen LogP contribution in [0.3, 0.4) is 0 Å². The van der Waals surface area contributed by atoms with Gasteiger partial charge in [-0.05, 0) is 68.3 Å². The normalized spacial score (nSPS) is 16.8. The maximum absolute atomic E-state index is 12.8. The minimum Gasteiger partial charge on any atom is -0.325 e. The Morgan fingerprint density at radius 1 is 1.00 bits per heavy atom. The zero-order valence-electron chi connectivity index (χ0n) is 16.3. The fourth-order valence-corrected chi connectivity index (χ4v) is 5.67. The van der Waals surface area contributed by atoms with E-state index in [1.54, 1.807) is 40.7 Å². The number of anilines is 1. The third-order valence-corrected chi connectivity index (χ3v) is 8.10. The predicted octanol–water partition coefficient (Wildman–Crippen LogP) is 5.02. The molecule has 0 saturated carbocycles. The molecule has 2 aromatic rings. The van der Waals surface area contributed by atoms with Gasteiger partial charge in [0, 0.05) is 28.7 Å². The second kappa shape index (κ2) is 9.98. The van der Waals surface area contributed by atoms with Crippen molar-refractivity contribution < 1.29 is 13.2 Å². The molecule has 3 rings (SSSR count). The molecule has 0 aromatic heterocycles. The van der Waals surface area contributed by atoms with Gasteiger partial charge >= 0.3 is 0 Å². The number of rotatable bonds is 6. The summed E-state index contributed by atoms with van der Waals surface area (Å²) in [5.41, 5.74) is 0.577. The van der Waals surface area contributed by atoms with Gasteiger partial charge < -0.3 is 5.32 Å². The van der Waals surface area contributed by atoms with Gasteiger partial charge in [0.05, 0.1) is 10.1 Å². The first-order valence-electron chi connectivity index (χ1n) is 9.69. The van der Waals surface area contributed by atoms with E-state index >= 15 is 0 Å². The number of hydrogen-bond acceptors (Lipinski definition) is 4. The van der Waals surface area contributed by atoms with Crippen molar-refractivity contribution in [1.29, 1.82) is 0 Å². The van der Waals surface area contributed by atoms with Crippen molar-refractivity contribution in [2.45, 2.75) is 47.6 Å². The number of amides is 1. The Morgan fingerprint density at radius 2 is 1.59 bits per heavy atom. The SMILES string of the molecule is C[C@H](Sc1ccc(Cl)cc1)C(=O)Nc1ccc(S(=O)(=O)N2CCCCCC2)cc1. The number of carbonyl (C=O) groups excluding carboxylic acids is 1. The number of thioether (sulfide) groups is 1. The number of hydrogen-bond donors (Lipinski definition) is 1. The van der Waals surface area contributed by atoms with Crippen molar-refractivity contribution in [2.75, 3.05) is 18.4 Å². The summed E-state index contributed by atoms with van der Waals surface area (Å²) >= 11 is 7.32. The van der Waals surface area contributed by atoms with E-state index in [2.05, 4.69) is 5.32 Å². The molecule has 1 aliphatic rings. The lowest BCUT2D eigenvalue weighted by atomic mass is 10.2. The zero-order chi connectivity index (χ0) is 20.9. The average Bonchev–Trinajstić information content (AvgIpc) is 3.00. The first-order valence-corrected chi connectivity index (χ1v) is 12.4. The topological polar surface area (TPSA) is 66.5 Å². The van der Waals surface area contributed by atoms with E-state index in [0.29, 0.717) is 23.8 Å². The Hall–Kier alpha value is -1.54. The molecule has 0 unspecified atom stereocenters. The van der Waals surface area contributed by atoms with Crippen LogP contribution in [-0.2, 0) is 14.8 Å². The standard InChI is InChI=1S/C21H25ClN2O3S2/c1-16(28-19-10-6-17(22)7-11-19)21(25)23-18-8-12-20(13-9-18)29(26,27)24-14-4-2-3-5-15-24/h6-13,16H,2-5,14-15H2,1H3,(H,23,25)/t16-/m0/s1. The quantitative estimate of drug-likeness (QED) is 0.624. The Kier molecular flexibility index (Phi) is 7.62. The summed E-state index contributed by atoms with van der Waals surface area (Å²) in [5, 5.41) is 3.19. The zero-order valence-corrected chi connectivity index (χ0v) is 18.7. The fraction of sp³-hybridized carbons (Fsp3) is 0.381. The monoisotopic (exact) mass is 452 g/mol. The molecule has 1 saturated heterocycles. The highest BCUT2D eigenvalue weighted by Gasteiger charge is 2.25. The van der Waals surface area contributed by atoms with Gasteiger partial charge in [-0.15, -0.1) is 11.8 Å². The van der Waals surface area contributed by atoms with Crippen LogP contribution in [-0.4, -0.2) is 37.0 Å². The van der Waals surface area contributed by atoms with Crippen LogP contribution < -0.4 is 5.32 Å². The molecule has 1 N–H and O–H groups in total. The smallest absolute Gasteiger partial charge is 0.243 e. The lowest BCUT2D eigenvalue weighted by molar-refractivity contribution is -0.115. The van der Waals surface area contributed by atoms with Crippen molar-refractivity contribution in [2.24, 2.45) is 0 Å². The summed E-state index contributed by atoms with van der Waals surface area (Å²) in [6.45, 7) is 2.97. The molecule has 1 heterocycles. The summed E-state index contributed by atoms with van der Waals surface area (Å²) in [6, 6.07) is 13.7. The van der Waals surface area contributed by atoms with E-state index in [4.69, 9.17) is 11.6 Å². The van der Waals surface area contributed by atoms with Crippen LogP contribution in [0.5, 0.6) is 0 Å². The summed E-state index contributed by atoms with van der Waals surface area (Å²) < 4.78 is 27.2. The number of benzene rings is 2. The van der Waals surface area contributed by atoms with Crippen LogP contribution >= 0.6 is 23.4 Å². The third-order valence-electron chi connectivity index (χ3n) is 4.82. The highest BCUT2D eigenvalue weighted by Crippen LogP contribution is 2.26. The molecule has 29 heavy (non-hydrogen) atoms. The maximum atomic E-state index is 12.8. The van der Waals surface area contributed by atoms with E-state index in [1.165, 1.54) is 11.8 Å². The van der Waals surface area contributed by atoms with E-state index in [-0.39, 0.29) is 16.1 Å². The summed E-state index contributed by atoms with van der Waals surface area (Å²) in [7, 11) is -3.49. The number of halogens is 1. The maximum Gasteiger partial charge on any atom is 0.243 e. The summed E-state index contributed by atoms with van der Waals surface area (Å²) in [6.07, 6.45) is 3.94. The van der Waals surface area contributed by atoms with E-state index < -0.39 is 10.0 Å². The fourth-order valence-electron chi connectivity index (χ4n) is 3.16. The van der Waals surface area contributed by atoms with Gasteiger partial charge in [0.1, 0.15) is 0 Å². The average molecular weight is 453 g/mol. The van der Waals surface area contributed by atoms with Gasteiger partial charge in [-0.2, -0.15) is 4.31 Å². The van der Waals surface area contributed by atoms with Gasteiger partial charge in [0.15, 0.2) is 0 Å². The number of nitrogens with one attached hydrogen (secondary N) is 1. The molecule has 2 aromatic carbocycles. The first-order chi connectivity index (χ1) is 13.9. The molecule has 1 aliphatic heterocycles. The summed E-state index contributed by atoms with van der Waals surface area (Å²) in [5.74, 6) is -0.145. The molecule has 8 heteroatoms. The van der Waals surface area contributed by atoms with Crippen molar-refractivity contribution >= 4 is 45.0 Å². The third kappa shape index (κ3) is 5.98. The molecule has 156 valence electrons. The van der Waals surface area contributed by atoms with Crippen molar-refractivity contribution in [1.82, 2.24) is 4.31 Å². The van der Waals surface area contributed by atoms with Crippen molar-refractivity contribution in [3.8, 4) is 0 Å². The highest BCUT2D eigenvalue weighted by molar-refractivity contribution is 8.00. The lowest BCUT2D eigenvalue weighted by Crippen LogP contribution is -2.31. The van der Waals surface area contributed by atoms with Gasteiger partial charge in [0.2, 0.25) is 15.9 Å². The van der Waals surface area contributed by atoms with Crippen LogP contribution in [0.4, 0.5) is 5.69 Å². The molecule has 0 bridgehead atoms. The van der Waals surface area contributed by atoms with Crippen LogP contribution in [0.1, 0.15) is 32.6 Å². The molecule has 0 spiro atoms. The predicted molar refractivity (Wildman–Crippen MR) is 119 cm³/mol. The van der Waals surface area contributed by atoms with Crippen LogP contribution in [0, 0.1) is 0 Å². The number of carbonyl (C=O) groups is 1. The Labute approximate surface area is 181 Å². The van der Waals surface area contributed by atoms with Gasteiger partial charge in [-0.1, -0.05) is 24.4 Å². The number of sulfonamides is 1. The van der Waals surface area contributed by atoms with Gasteiger partial charge in [-0.3, -0.25) is 4.79 Å². The first kappa shape index (κ1) is 22.2. The number of nitrogens with zero attached hydrogens (tertiary/aromatic N) is 1. The molecule has 1 amide bonds. The van der Waals surface area contributed by atoms with E-state index in [0.717, 1.165) is 30.6 Å². The van der Waals surface area contributed by atoms with Crippen molar-refractivity contribution in [3.05, 3.63) is 53.6 Å². The second-order valence-electron chi connectivity index (χ2n) is 7.05. The van der Waals surface area contributed by atoms with Crippen LogP contribution in [0.25, 0.3) is 0 Å². The summed E-state index contributed by atoms with van der Waals surface area (Å²) in [4.78, 5) is 13.7. The molecule has 1 fully saturated rings. The highest BCUT2D eigenvalue weighted by atomic mass is 35.5. The Balaban J connectivity index is 1.62. The van der Waals surface area contributed by atoms with E-state index in [9.17, 15) is 13.2 Å². The molecule has 0 aliphatic carbocycles. The van der Waals surface area contributed by atoms with Gasteiger partial charge in [-0.25, -0.2) is 8.42 Å². The molecule has 1 atom stereocenters. The van der Waals surface area contributed by atoms with E-state index in [1.807, 2.05) is 19.1 Å². The van der Waals surface area contributed by atoms with Crippen LogP contribution in [0.15, 0.2) is 58.3 Å². The van der Waals surface area contributed by atoms with Crippen molar-refractivity contribution in [3.63, 3.8) is 0 Å².